The molecule has 3 aliphatic rings. The zero-order chi connectivity index (χ0) is 15.2. The van der Waals surface area contributed by atoms with Crippen molar-refractivity contribution in [2.75, 3.05) is 18.5 Å². The van der Waals surface area contributed by atoms with E-state index in [0.717, 1.165) is 44.2 Å². The summed E-state index contributed by atoms with van der Waals surface area (Å²) in [6.45, 7) is 0.702. The van der Waals surface area contributed by atoms with Crippen LogP contribution in [0.3, 0.4) is 0 Å². The summed E-state index contributed by atoms with van der Waals surface area (Å²) in [6.07, 6.45) is 6.10. The normalized spacial score (nSPS) is 33.4. The van der Waals surface area contributed by atoms with Gasteiger partial charge >= 0.3 is 0 Å². The van der Waals surface area contributed by atoms with E-state index >= 15 is 0 Å². The summed E-state index contributed by atoms with van der Waals surface area (Å²) in [6, 6.07) is 10.7. The number of rotatable bonds is 2. The zero-order valence-corrected chi connectivity index (χ0v) is 13.2. The van der Waals surface area contributed by atoms with Crippen molar-refractivity contribution in [3.63, 3.8) is 0 Å². The summed E-state index contributed by atoms with van der Waals surface area (Å²) in [5, 5.41) is 3.38. The minimum Gasteiger partial charge on any atom is -0.357 e. The van der Waals surface area contributed by atoms with Gasteiger partial charge in [0.1, 0.15) is 5.60 Å². The van der Waals surface area contributed by atoms with Crippen molar-refractivity contribution < 1.29 is 9.53 Å². The van der Waals surface area contributed by atoms with Crippen LogP contribution in [-0.4, -0.2) is 36.7 Å². The molecular formula is C18H24N2O2. The van der Waals surface area contributed by atoms with Crippen molar-refractivity contribution in [1.29, 1.82) is 0 Å². The Morgan fingerprint density at radius 2 is 1.82 bits per heavy atom. The van der Waals surface area contributed by atoms with Gasteiger partial charge in [0.15, 0.2) is 0 Å². The second kappa shape index (κ2) is 5.07. The molecule has 1 N–H and O–H groups in total. The molecule has 1 heterocycles. The third-order valence-corrected chi connectivity index (χ3v) is 5.57. The Morgan fingerprint density at radius 1 is 1.14 bits per heavy atom. The van der Waals surface area contributed by atoms with Gasteiger partial charge in [-0.15, -0.1) is 0 Å². The highest BCUT2D eigenvalue weighted by Gasteiger charge is 2.62. The molecule has 2 aliphatic carbocycles. The first-order valence-corrected chi connectivity index (χ1v) is 8.41. The molecule has 0 radical (unpaired) electrons. The van der Waals surface area contributed by atoms with E-state index in [0.29, 0.717) is 12.6 Å². The van der Waals surface area contributed by atoms with Crippen molar-refractivity contribution in [2.45, 2.75) is 55.8 Å². The minimum atomic E-state index is -0.513. The number of hydrogen-bond donors (Lipinski definition) is 1. The summed E-state index contributed by atoms with van der Waals surface area (Å²) in [7, 11) is 2.03. The lowest BCUT2D eigenvalue weighted by Gasteiger charge is -2.49. The number of para-hydroxylation sites is 1. The lowest BCUT2D eigenvalue weighted by Crippen LogP contribution is -2.62. The van der Waals surface area contributed by atoms with Crippen LogP contribution in [0, 0.1) is 0 Å². The summed E-state index contributed by atoms with van der Waals surface area (Å²) >= 11 is 0. The lowest BCUT2D eigenvalue weighted by atomic mass is 9.80. The number of nitrogens with zero attached hydrogens (tertiary/aromatic N) is 1. The molecule has 2 spiro atoms. The molecule has 22 heavy (non-hydrogen) atoms. The fourth-order valence-corrected chi connectivity index (χ4v) is 4.03. The zero-order valence-electron chi connectivity index (χ0n) is 13.2. The van der Waals surface area contributed by atoms with Gasteiger partial charge in [0.25, 0.3) is 5.91 Å². The Hall–Kier alpha value is -1.39. The Labute approximate surface area is 131 Å². The highest BCUT2D eigenvalue weighted by atomic mass is 16.5. The molecule has 4 nitrogen and oxygen atoms in total. The Kier molecular flexibility index (Phi) is 3.27. The van der Waals surface area contributed by atoms with Crippen LogP contribution < -0.4 is 10.2 Å². The van der Waals surface area contributed by atoms with E-state index in [4.69, 9.17) is 4.74 Å². The molecule has 2 saturated carbocycles. The molecule has 0 unspecified atom stereocenters. The van der Waals surface area contributed by atoms with Crippen molar-refractivity contribution in [3.05, 3.63) is 30.3 Å². The smallest absolute Gasteiger partial charge is 0.259 e. The highest BCUT2D eigenvalue weighted by Crippen LogP contribution is 2.51. The predicted molar refractivity (Wildman–Crippen MR) is 85.9 cm³/mol. The third kappa shape index (κ3) is 2.25. The van der Waals surface area contributed by atoms with Gasteiger partial charge in [-0.25, -0.2) is 0 Å². The molecule has 4 rings (SSSR count). The van der Waals surface area contributed by atoms with Crippen LogP contribution in [-0.2, 0) is 9.53 Å². The Bertz CT molecular complexity index is 560. The maximum atomic E-state index is 12.8. The fraction of sp³-hybridized carbons (Fsp3) is 0.611. The summed E-state index contributed by atoms with van der Waals surface area (Å²) in [4.78, 5) is 14.8. The molecule has 1 amide bonds. The van der Waals surface area contributed by atoms with Crippen LogP contribution in [0.1, 0.15) is 38.5 Å². The Morgan fingerprint density at radius 3 is 2.41 bits per heavy atom. The van der Waals surface area contributed by atoms with E-state index in [1.54, 1.807) is 0 Å². The molecule has 118 valence electrons. The highest BCUT2D eigenvalue weighted by molar-refractivity contribution is 6.02. The van der Waals surface area contributed by atoms with Crippen molar-refractivity contribution in [2.24, 2.45) is 0 Å². The van der Waals surface area contributed by atoms with Crippen molar-refractivity contribution in [3.8, 4) is 0 Å². The maximum Gasteiger partial charge on any atom is 0.259 e. The molecular weight excluding hydrogens is 276 g/mol. The van der Waals surface area contributed by atoms with Crippen LogP contribution in [0.15, 0.2) is 30.3 Å². The first-order valence-electron chi connectivity index (χ1n) is 8.41. The van der Waals surface area contributed by atoms with E-state index in [-0.39, 0.29) is 11.5 Å². The van der Waals surface area contributed by atoms with Gasteiger partial charge < -0.3 is 15.0 Å². The number of anilines is 1. The van der Waals surface area contributed by atoms with E-state index in [1.807, 2.05) is 42.3 Å². The van der Waals surface area contributed by atoms with Gasteiger partial charge in [0.2, 0.25) is 0 Å². The second-order valence-corrected chi connectivity index (χ2v) is 7.07. The van der Waals surface area contributed by atoms with Crippen LogP contribution in [0.25, 0.3) is 0 Å². The maximum absolute atomic E-state index is 12.8. The van der Waals surface area contributed by atoms with Gasteiger partial charge in [-0.2, -0.15) is 0 Å². The van der Waals surface area contributed by atoms with Gasteiger partial charge in [-0.05, 0) is 57.7 Å². The molecule has 0 bridgehead atoms. The third-order valence-electron chi connectivity index (χ3n) is 5.57. The molecule has 1 aliphatic heterocycles. The molecule has 3 fully saturated rings. The van der Waals surface area contributed by atoms with Gasteiger partial charge in [-0.3, -0.25) is 4.79 Å². The quantitative estimate of drug-likeness (QED) is 0.912. The number of benzene rings is 1. The fourth-order valence-electron chi connectivity index (χ4n) is 4.03. The standard InChI is InChI=1S/C18H24N2O2/c1-19-14-7-9-17(10-8-14)13-20(15-5-3-2-4-6-15)16(21)18(22-17)11-12-18/h2-6,14,19H,7-13H2,1H3. The van der Waals surface area contributed by atoms with Crippen LogP contribution in [0.4, 0.5) is 5.69 Å². The van der Waals surface area contributed by atoms with E-state index in [1.165, 1.54) is 0 Å². The largest absolute Gasteiger partial charge is 0.357 e. The first kappa shape index (κ1) is 14.2. The number of amides is 1. The lowest BCUT2D eigenvalue weighted by molar-refractivity contribution is -0.169. The van der Waals surface area contributed by atoms with Gasteiger partial charge in [0, 0.05) is 11.7 Å². The molecule has 1 aromatic carbocycles. The summed E-state index contributed by atoms with van der Waals surface area (Å²) < 4.78 is 6.45. The average molecular weight is 300 g/mol. The number of nitrogens with one attached hydrogen (secondary N) is 1. The number of ether oxygens (including phenoxy) is 1. The van der Waals surface area contributed by atoms with Crippen LogP contribution >= 0.6 is 0 Å². The van der Waals surface area contributed by atoms with Gasteiger partial charge in [-0.1, -0.05) is 18.2 Å². The number of morpholine rings is 1. The number of hydrogen-bond acceptors (Lipinski definition) is 3. The SMILES string of the molecule is CNC1CCC2(CC1)CN(c1ccccc1)C(=O)C1(CC1)O2. The molecule has 0 aromatic heterocycles. The van der Waals surface area contributed by atoms with Crippen molar-refractivity contribution >= 4 is 11.6 Å². The second-order valence-electron chi connectivity index (χ2n) is 7.07. The topological polar surface area (TPSA) is 41.6 Å². The number of carbonyl (C=O) groups excluding carboxylic acids is 1. The van der Waals surface area contributed by atoms with Gasteiger partial charge in [0.05, 0.1) is 12.1 Å². The molecule has 1 aromatic rings. The van der Waals surface area contributed by atoms with E-state index in [2.05, 4.69) is 5.32 Å². The monoisotopic (exact) mass is 300 g/mol. The van der Waals surface area contributed by atoms with Crippen LogP contribution in [0.2, 0.25) is 0 Å². The molecule has 0 atom stereocenters. The molecule has 1 saturated heterocycles. The van der Waals surface area contributed by atoms with Crippen molar-refractivity contribution in [1.82, 2.24) is 5.32 Å². The summed E-state index contributed by atoms with van der Waals surface area (Å²) in [5.41, 5.74) is 0.353. The summed E-state index contributed by atoms with van der Waals surface area (Å²) in [5.74, 6) is 0.167. The average Bonchev–Trinajstić information content (AvgIpc) is 3.33. The minimum absolute atomic E-state index is 0.145. The van der Waals surface area contributed by atoms with E-state index < -0.39 is 5.60 Å². The van der Waals surface area contributed by atoms with Crippen LogP contribution in [0.5, 0.6) is 0 Å². The van der Waals surface area contributed by atoms with E-state index in [9.17, 15) is 4.79 Å². The number of carbonyl (C=O) groups is 1. The molecule has 4 heteroatoms. The Balaban J connectivity index is 1.62. The first-order chi connectivity index (χ1) is 10.7. The predicted octanol–water partition coefficient (Wildman–Crippen LogP) is 2.48.